The summed E-state index contributed by atoms with van der Waals surface area (Å²) in [7, 11) is -2.38. The van der Waals surface area contributed by atoms with Gasteiger partial charge in [-0.25, -0.2) is 13.2 Å². The number of ether oxygens (including phenoxy) is 1. The van der Waals surface area contributed by atoms with Crippen molar-refractivity contribution in [1.82, 2.24) is 0 Å². The van der Waals surface area contributed by atoms with Crippen LogP contribution < -0.4 is 0 Å². The van der Waals surface area contributed by atoms with Gasteiger partial charge >= 0.3 is 5.97 Å². The van der Waals surface area contributed by atoms with Crippen molar-refractivity contribution in [2.45, 2.75) is 10.6 Å². The molecular weight excluding hydrogens is 340 g/mol. The Hall–Kier alpha value is -2.86. The fourth-order valence-corrected chi connectivity index (χ4v) is 3.98. The summed E-state index contributed by atoms with van der Waals surface area (Å²) in [5.41, 5.74) is 0.382. The van der Waals surface area contributed by atoms with Crippen molar-refractivity contribution in [3.63, 3.8) is 0 Å². The number of benzene rings is 3. The minimum atomic E-state index is -3.59. The molecule has 0 aliphatic rings. The first-order chi connectivity index (χ1) is 11.9. The molecule has 0 spiro atoms. The van der Waals surface area contributed by atoms with Crippen LogP contribution in [0, 0.1) is 0 Å². The van der Waals surface area contributed by atoms with Crippen LogP contribution in [0.5, 0.6) is 5.75 Å². The van der Waals surface area contributed by atoms with E-state index in [0.29, 0.717) is 5.56 Å². The number of sulfone groups is 1. The molecule has 128 valence electrons. The number of methoxy groups -OCH3 is 1. The minimum absolute atomic E-state index is 0.00523. The lowest BCUT2D eigenvalue weighted by Crippen LogP contribution is -2.06. The van der Waals surface area contributed by atoms with Crippen LogP contribution in [-0.2, 0) is 20.3 Å². The fraction of sp³-hybridized carbons (Fsp3) is 0.105. The molecule has 0 aromatic heterocycles. The van der Waals surface area contributed by atoms with Crippen LogP contribution in [0.3, 0.4) is 0 Å². The fourth-order valence-electron chi connectivity index (χ4n) is 2.61. The van der Waals surface area contributed by atoms with E-state index in [1.165, 1.54) is 25.3 Å². The molecule has 3 aromatic rings. The molecule has 3 aromatic carbocycles. The van der Waals surface area contributed by atoms with Crippen LogP contribution in [0.15, 0.2) is 65.6 Å². The van der Waals surface area contributed by atoms with E-state index >= 15 is 0 Å². The maximum absolute atomic E-state index is 12.7. The minimum Gasteiger partial charge on any atom is -0.507 e. The van der Waals surface area contributed by atoms with E-state index in [0.717, 1.165) is 10.8 Å². The second kappa shape index (κ2) is 6.57. The van der Waals surface area contributed by atoms with Crippen LogP contribution in [-0.4, -0.2) is 26.6 Å². The normalized spacial score (nSPS) is 11.4. The molecule has 0 bridgehead atoms. The van der Waals surface area contributed by atoms with Gasteiger partial charge in [0.1, 0.15) is 11.3 Å². The zero-order chi connectivity index (χ0) is 18.0. The van der Waals surface area contributed by atoms with Gasteiger partial charge in [-0.2, -0.15) is 0 Å². The van der Waals surface area contributed by atoms with Crippen molar-refractivity contribution in [2.75, 3.05) is 7.11 Å². The molecule has 0 heterocycles. The van der Waals surface area contributed by atoms with Gasteiger partial charge in [0.25, 0.3) is 0 Å². The summed E-state index contributed by atoms with van der Waals surface area (Å²) in [6, 6.07) is 16.6. The SMILES string of the molecule is COC(=O)c1ccc(CS(=O)(=O)c2ccc3ccccc3c2)cc1O. The van der Waals surface area contributed by atoms with Crippen molar-refractivity contribution in [3.8, 4) is 5.75 Å². The van der Waals surface area contributed by atoms with Crippen molar-refractivity contribution in [3.05, 3.63) is 71.8 Å². The molecule has 0 saturated carbocycles. The first-order valence-corrected chi connectivity index (χ1v) is 9.18. The van der Waals surface area contributed by atoms with E-state index in [1.54, 1.807) is 18.2 Å². The van der Waals surface area contributed by atoms with Gasteiger partial charge in [-0.15, -0.1) is 0 Å². The average Bonchev–Trinajstić information content (AvgIpc) is 2.60. The topological polar surface area (TPSA) is 80.7 Å². The Bertz CT molecular complexity index is 1050. The molecule has 0 saturated heterocycles. The second-order valence-electron chi connectivity index (χ2n) is 5.61. The average molecular weight is 356 g/mol. The largest absolute Gasteiger partial charge is 0.507 e. The third kappa shape index (κ3) is 3.49. The summed E-state index contributed by atoms with van der Waals surface area (Å²) in [6.45, 7) is 0. The highest BCUT2D eigenvalue weighted by Crippen LogP contribution is 2.25. The Morgan fingerprint density at radius 3 is 2.40 bits per heavy atom. The lowest BCUT2D eigenvalue weighted by molar-refractivity contribution is 0.0597. The van der Waals surface area contributed by atoms with E-state index in [4.69, 9.17) is 0 Å². The molecule has 6 heteroatoms. The van der Waals surface area contributed by atoms with Crippen molar-refractivity contribution < 1.29 is 23.1 Å². The highest BCUT2D eigenvalue weighted by Gasteiger charge is 2.18. The quantitative estimate of drug-likeness (QED) is 0.726. The van der Waals surface area contributed by atoms with E-state index in [2.05, 4.69) is 4.74 Å². The summed E-state index contributed by atoms with van der Waals surface area (Å²) >= 11 is 0. The monoisotopic (exact) mass is 356 g/mol. The zero-order valence-corrected chi connectivity index (χ0v) is 14.3. The number of hydrogen-bond acceptors (Lipinski definition) is 5. The van der Waals surface area contributed by atoms with Gasteiger partial charge in [0, 0.05) is 0 Å². The molecule has 0 atom stereocenters. The predicted octanol–water partition coefficient (Wildman–Crippen LogP) is 3.31. The Morgan fingerprint density at radius 2 is 1.72 bits per heavy atom. The van der Waals surface area contributed by atoms with Gasteiger partial charge in [0.2, 0.25) is 0 Å². The van der Waals surface area contributed by atoms with E-state index < -0.39 is 15.8 Å². The lowest BCUT2D eigenvalue weighted by atomic mass is 10.1. The molecule has 0 aliphatic heterocycles. The van der Waals surface area contributed by atoms with Gasteiger partial charge < -0.3 is 9.84 Å². The van der Waals surface area contributed by atoms with Crippen LogP contribution in [0.4, 0.5) is 0 Å². The Morgan fingerprint density at radius 1 is 1.00 bits per heavy atom. The molecule has 0 radical (unpaired) electrons. The summed E-state index contributed by atoms with van der Waals surface area (Å²) in [5.74, 6) is -1.26. The molecule has 5 nitrogen and oxygen atoms in total. The summed E-state index contributed by atoms with van der Waals surface area (Å²) in [5, 5.41) is 11.7. The molecule has 25 heavy (non-hydrogen) atoms. The van der Waals surface area contributed by atoms with Crippen molar-refractivity contribution >= 4 is 26.6 Å². The number of phenols is 1. The van der Waals surface area contributed by atoms with E-state index in [9.17, 15) is 18.3 Å². The maximum atomic E-state index is 12.7. The highest BCUT2D eigenvalue weighted by molar-refractivity contribution is 7.90. The van der Waals surface area contributed by atoms with Gasteiger partial charge in [-0.05, 0) is 40.6 Å². The molecular formula is C19H16O5S. The number of hydrogen-bond donors (Lipinski definition) is 1. The summed E-state index contributed by atoms with van der Waals surface area (Å²) < 4.78 is 29.9. The first-order valence-electron chi connectivity index (χ1n) is 7.52. The molecule has 0 unspecified atom stereocenters. The first kappa shape index (κ1) is 17.0. The number of aromatic hydroxyl groups is 1. The van der Waals surface area contributed by atoms with Crippen LogP contribution >= 0.6 is 0 Å². The highest BCUT2D eigenvalue weighted by atomic mass is 32.2. The number of esters is 1. The van der Waals surface area contributed by atoms with Crippen LogP contribution in [0.25, 0.3) is 10.8 Å². The second-order valence-corrected chi connectivity index (χ2v) is 7.60. The molecule has 3 rings (SSSR count). The summed E-state index contributed by atoms with van der Waals surface area (Å²) in [6.07, 6.45) is 0. The summed E-state index contributed by atoms with van der Waals surface area (Å²) in [4.78, 5) is 11.7. The van der Waals surface area contributed by atoms with Gasteiger partial charge in [0.05, 0.1) is 17.8 Å². The molecule has 0 fully saturated rings. The predicted molar refractivity (Wildman–Crippen MR) is 94.3 cm³/mol. The van der Waals surface area contributed by atoms with Gasteiger partial charge in [0.15, 0.2) is 9.84 Å². The molecule has 0 aliphatic carbocycles. The smallest absolute Gasteiger partial charge is 0.341 e. The Balaban J connectivity index is 1.92. The number of rotatable bonds is 4. The van der Waals surface area contributed by atoms with E-state index in [-0.39, 0.29) is 22.0 Å². The third-order valence-electron chi connectivity index (χ3n) is 3.90. The van der Waals surface area contributed by atoms with E-state index in [1.807, 2.05) is 24.3 Å². The number of carbonyl (C=O) groups is 1. The van der Waals surface area contributed by atoms with Gasteiger partial charge in [-0.1, -0.05) is 36.4 Å². The molecule has 0 amide bonds. The third-order valence-corrected chi connectivity index (χ3v) is 5.59. The number of phenolic OH excluding ortho intramolecular Hbond substituents is 1. The zero-order valence-electron chi connectivity index (χ0n) is 13.5. The molecule has 1 N–H and O–H groups in total. The standard InChI is InChI=1S/C19H16O5S/c1-24-19(21)17-9-6-13(10-18(17)20)12-25(22,23)16-8-7-14-4-2-3-5-15(14)11-16/h2-11,20H,12H2,1H3. The lowest BCUT2D eigenvalue weighted by Gasteiger charge is -2.08. The van der Waals surface area contributed by atoms with Gasteiger partial charge in [-0.3, -0.25) is 0 Å². The maximum Gasteiger partial charge on any atom is 0.341 e. The number of fused-ring (bicyclic) bond motifs is 1. The number of carbonyl (C=O) groups excluding carboxylic acids is 1. The van der Waals surface area contributed by atoms with Crippen LogP contribution in [0.1, 0.15) is 15.9 Å². The van der Waals surface area contributed by atoms with Crippen LogP contribution in [0.2, 0.25) is 0 Å². The van der Waals surface area contributed by atoms with Crippen molar-refractivity contribution in [2.24, 2.45) is 0 Å². The Kier molecular flexibility index (Phi) is 4.46. The Labute approximate surface area is 145 Å². The van der Waals surface area contributed by atoms with Crippen molar-refractivity contribution in [1.29, 1.82) is 0 Å².